The van der Waals surface area contributed by atoms with Gasteiger partial charge >= 0.3 is 0 Å². The van der Waals surface area contributed by atoms with Gasteiger partial charge in [0.15, 0.2) is 0 Å². The number of aromatic nitrogens is 1. The van der Waals surface area contributed by atoms with E-state index in [1.807, 2.05) is 35.9 Å². The Balaban J connectivity index is 1.57. The molecule has 30 heavy (non-hydrogen) atoms. The summed E-state index contributed by atoms with van der Waals surface area (Å²) in [7, 11) is -3.76. The highest BCUT2D eigenvalue weighted by atomic mass is 32.2. The number of aryl methyl sites for hydroxylation is 1. The number of nitrogens with one attached hydrogen (secondary N) is 1. The molecule has 1 aromatic carbocycles. The van der Waals surface area contributed by atoms with E-state index >= 15 is 0 Å². The van der Waals surface area contributed by atoms with E-state index in [4.69, 9.17) is 0 Å². The maximum absolute atomic E-state index is 13.1. The fourth-order valence-corrected chi connectivity index (χ4v) is 5.41. The third-order valence-electron chi connectivity index (χ3n) is 5.14. The standard InChI is InChI=1S/C22H23N3O3S2/c1-16-4-9-20(23-14-16)21(13-17-10-12-29-15-17)24-30(27,28)19-7-5-18(6-8-19)25-11-2-3-22(25)26/h4-10,12,14-15,21,24H,2-3,11,13H2,1H3/t21-/m1/s1. The molecule has 8 heteroatoms. The number of benzene rings is 1. The Morgan fingerprint density at radius 2 is 1.97 bits per heavy atom. The molecule has 0 radical (unpaired) electrons. The summed E-state index contributed by atoms with van der Waals surface area (Å²) in [6.07, 6.45) is 3.62. The number of sulfonamides is 1. The largest absolute Gasteiger partial charge is 0.312 e. The van der Waals surface area contributed by atoms with Crippen LogP contribution in [0.1, 0.15) is 35.7 Å². The van der Waals surface area contributed by atoms with Gasteiger partial charge < -0.3 is 4.90 Å². The quantitative estimate of drug-likeness (QED) is 0.604. The van der Waals surface area contributed by atoms with Crippen LogP contribution in [0.3, 0.4) is 0 Å². The number of anilines is 1. The second kappa shape index (κ2) is 8.67. The van der Waals surface area contributed by atoms with Crippen LogP contribution in [0, 0.1) is 6.92 Å². The number of thiophene rings is 1. The lowest BCUT2D eigenvalue weighted by molar-refractivity contribution is -0.117. The Bertz CT molecular complexity index is 1110. The smallest absolute Gasteiger partial charge is 0.241 e. The van der Waals surface area contributed by atoms with Gasteiger partial charge in [0.25, 0.3) is 0 Å². The minimum Gasteiger partial charge on any atom is -0.312 e. The number of hydrogen-bond acceptors (Lipinski definition) is 5. The third-order valence-corrected chi connectivity index (χ3v) is 7.36. The van der Waals surface area contributed by atoms with E-state index in [0.717, 1.165) is 23.2 Å². The van der Waals surface area contributed by atoms with Gasteiger partial charge in [0.2, 0.25) is 15.9 Å². The summed E-state index contributed by atoms with van der Waals surface area (Å²) in [6, 6.07) is 11.8. The van der Waals surface area contributed by atoms with Crippen LogP contribution in [0.2, 0.25) is 0 Å². The Labute approximate surface area is 180 Å². The molecular formula is C22H23N3O3S2. The zero-order chi connectivity index (χ0) is 21.1. The van der Waals surface area contributed by atoms with E-state index in [-0.39, 0.29) is 10.8 Å². The minimum absolute atomic E-state index is 0.0741. The van der Waals surface area contributed by atoms with Gasteiger partial charge in [0, 0.05) is 24.8 Å². The van der Waals surface area contributed by atoms with Crippen molar-refractivity contribution in [3.8, 4) is 0 Å². The number of rotatable bonds is 7. The van der Waals surface area contributed by atoms with Crippen LogP contribution in [-0.4, -0.2) is 25.9 Å². The average molecular weight is 442 g/mol. The van der Waals surface area contributed by atoms with Gasteiger partial charge in [-0.1, -0.05) is 6.07 Å². The van der Waals surface area contributed by atoms with Gasteiger partial charge in [-0.15, -0.1) is 0 Å². The molecule has 1 aliphatic heterocycles. The molecule has 1 aliphatic rings. The van der Waals surface area contributed by atoms with Crippen LogP contribution in [0.25, 0.3) is 0 Å². The van der Waals surface area contributed by atoms with Crippen molar-refractivity contribution in [2.75, 3.05) is 11.4 Å². The normalized spacial score (nSPS) is 15.5. The van der Waals surface area contributed by atoms with Crippen molar-refractivity contribution < 1.29 is 13.2 Å². The van der Waals surface area contributed by atoms with E-state index in [1.165, 1.54) is 0 Å². The Morgan fingerprint density at radius 1 is 1.17 bits per heavy atom. The minimum atomic E-state index is -3.76. The molecule has 0 aliphatic carbocycles. The maximum atomic E-state index is 13.1. The summed E-state index contributed by atoms with van der Waals surface area (Å²) >= 11 is 1.58. The summed E-state index contributed by atoms with van der Waals surface area (Å²) in [4.78, 5) is 18.2. The molecule has 1 saturated heterocycles. The molecule has 4 rings (SSSR count). The van der Waals surface area contributed by atoms with E-state index < -0.39 is 16.1 Å². The van der Waals surface area contributed by atoms with Crippen molar-refractivity contribution in [2.45, 2.75) is 37.1 Å². The van der Waals surface area contributed by atoms with Gasteiger partial charge in [0.1, 0.15) is 0 Å². The molecule has 3 aromatic rings. The highest BCUT2D eigenvalue weighted by Gasteiger charge is 2.25. The zero-order valence-corrected chi connectivity index (χ0v) is 18.2. The average Bonchev–Trinajstić information content (AvgIpc) is 3.40. The second-order valence-electron chi connectivity index (χ2n) is 7.41. The summed E-state index contributed by atoms with van der Waals surface area (Å²) in [5, 5.41) is 3.99. The summed E-state index contributed by atoms with van der Waals surface area (Å²) in [6.45, 7) is 2.62. The van der Waals surface area contributed by atoms with Crippen LogP contribution in [-0.2, 0) is 21.2 Å². The molecule has 1 amide bonds. The number of nitrogens with zero attached hydrogens (tertiary/aromatic N) is 2. The Hall–Kier alpha value is -2.55. The van der Waals surface area contributed by atoms with Crippen molar-refractivity contribution in [1.82, 2.24) is 9.71 Å². The number of carbonyl (C=O) groups excluding carboxylic acids is 1. The number of pyridine rings is 1. The lowest BCUT2D eigenvalue weighted by Gasteiger charge is -2.19. The number of hydrogen-bond donors (Lipinski definition) is 1. The molecule has 6 nitrogen and oxygen atoms in total. The first-order chi connectivity index (χ1) is 14.4. The van der Waals surface area contributed by atoms with Crippen molar-refractivity contribution in [3.63, 3.8) is 0 Å². The van der Waals surface area contributed by atoms with Gasteiger partial charge in [-0.2, -0.15) is 11.3 Å². The van der Waals surface area contributed by atoms with E-state index in [9.17, 15) is 13.2 Å². The first-order valence-corrected chi connectivity index (χ1v) is 12.2. The van der Waals surface area contributed by atoms with E-state index in [1.54, 1.807) is 46.7 Å². The SMILES string of the molecule is Cc1ccc([C@@H](Cc2ccsc2)NS(=O)(=O)c2ccc(N3CCCC3=O)cc2)nc1. The molecule has 0 spiro atoms. The van der Waals surface area contributed by atoms with Crippen molar-refractivity contribution in [2.24, 2.45) is 0 Å². The summed E-state index contributed by atoms with van der Waals surface area (Å²) in [5.74, 6) is 0.0741. The summed E-state index contributed by atoms with van der Waals surface area (Å²) in [5.41, 5.74) is 3.47. The molecule has 156 valence electrons. The molecular weight excluding hydrogens is 418 g/mol. The monoisotopic (exact) mass is 441 g/mol. The van der Waals surface area contributed by atoms with Crippen LogP contribution in [0.5, 0.6) is 0 Å². The maximum Gasteiger partial charge on any atom is 0.241 e. The lowest BCUT2D eigenvalue weighted by atomic mass is 10.1. The number of carbonyl (C=O) groups is 1. The molecule has 0 unspecified atom stereocenters. The molecule has 1 N–H and O–H groups in total. The third kappa shape index (κ3) is 4.61. The zero-order valence-electron chi connectivity index (χ0n) is 16.6. The van der Waals surface area contributed by atoms with Crippen LogP contribution in [0.4, 0.5) is 5.69 Å². The van der Waals surface area contributed by atoms with Crippen LogP contribution >= 0.6 is 11.3 Å². The molecule has 2 aromatic heterocycles. The summed E-state index contributed by atoms with van der Waals surface area (Å²) < 4.78 is 29.0. The fourth-order valence-electron chi connectivity index (χ4n) is 3.52. The number of amides is 1. The molecule has 1 atom stereocenters. The van der Waals surface area contributed by atoms with Crippen LogP contribution < -0.4 is 9.62 Å². The highest BCUT2D eigenvalue weighted by molar-refractivity contribution is 7.89. The fraction of sp³-hybridized carbons (Fsp3) is 0.273. The van der Waals surface area contributed by atoms with E-state index in [0.29, 0.717) is 25.1 Å². The molecule has 3 heterocycles. The highest BCUT2D eigenvalue weighted by Crippen LogP contribution is 2.25. The first-order valence-electron chi connectivity index (χ1n) is 9.79. The Morgan fingerprint density at radius 3 is 2.57 bits per heavy atom. The van der Waals surface area contributed by atoms with Gasteiger partial charge in [-0.3, -0.25) is 9.78 Å². The molecule has 0 saturated carbocycles. The van der Waals surface area contributed by atoms with E-state index in [2.05, 4.69) is 9.71 Å². The van der Waals surface area contributed by atoms with Crippen molar-refractivity contribution in [3.05, 3.63) is 76.2 Å². The molecule has 0 bridgehead atoms. The van der Waals surface area contributed by atoms with Gasteiger partial charge in [-0.05, 0) is 78.1 Å². The molecule has 1 fully saturated rings. The predicted molar refractivity (Wildman–Crippen MR) is 118 cm³/mol. The van der Waals surface area contributed by atoms with Gasteiger partial charge in [-0.25, -0.2) is 13.1 Å². The lowest BCUT2D eigenvalue weighted by Crippen LogP contribution is -2.30. The van der Waals surface area contributed by atoms with Crippen molar-refractivity contribution in [1.29, 1.82) is 0 Å². The van der Waals surface area contributed by atoms with Gasteiger partial charge in [0.05, 0.1) is 16.6 Å². The predicted octanol–water partition coefficient (Wildman–Crippen LogP) is 3.84. The Kier molecular flexibility index (Phi) is 5.99. The second-order valence-corrected chi connectivity index (χ2v) is 9.91. The van der Waals surface area contributed by atoms with Crippen molar-refractivity contribution >= 4 is 33.0 Å². The van der Waals surface area contributed by atoms with Crippen LogP contribution in [0.15, 0.2) is 64.3 Å². The topological polar surface area (TPSA) is 79.4 Å². The first kappa shape index (κ1) is 20.7.